The minimum Gasteiger partial charge on any atom is -0.494 e. The number of aromatic amines is 1. The number of methoxy groups -OCH3 is 1. The molecule has 1 aliphatic rings. The number of amides is 1. The normalized spacial score (nSPS) is 15.0. The Kier molecular flexibility index (Phi) is 4.82. The molecule has 0 unspecified atom stereocenters. The van der Waals surface area contributed by atoms with Gasteiger partial charge in [0.15, 0.2) is 5.88 Å². The first-order valence-corrected chi connectivity index (χ1v) is 7.81. The smallest absolute Gasteiger partial charge is 0.319 e. The molecule has 0 atom stereocenters. The van der Waals surface area contributed by atoms with E-state index in [4.69, 9.17) is 9.47 Å². The maximum Gasteiger partial charge on any atom is 0.319 e. The summed E-state index contributed by atoms with van der Waals surface area (Å²) in [4.78, 5) is 35.7. The Bertz CT molecular complexity index is 814. The van der Waals surface area contributed by atoms with E-state index in [1.54, 1.807) is 17.2 Å². The van der Waals surface area contributed by atoms with Gasteiger partial charge in [0, 0.05) is 50.3 Å². The van der Waals surface area contributed by atoms with E-state index in [0.717, 1.165) is 0 Å². The van der Waals surface area contributed by atoms with Crippen molar-refractivity contribution in [3.05, 3.63) is 40.3 Å². The summed E-state index contributed by atoms with van der Waals surface area (Å²) in [6, 6.07) is 4.32. The number of H-pyrrole nitrogens is 1. The van der Waals surface area contributed by atoms with Crippen molar-refractivity contribution in [2.45, 2.75) is 18.9 Å². The first-order valence-electron chi connectivity index (χ1n) is 7.81. The van der Waals surface area contributed by atoms with Crippen LogP contribution in [0.5, 0.6) is 17.8 Å². The van der Waals surface area contributed by atoms with Crippen LogP contribution in [0.15, 0.2) is 29.2 Å². The lowest BCUT2D eigenvalue weighted by Crippen LogP contribution is -2.42. The summed E-state index contributed by atoms with van der Waals surface area (Å²) in [5.74, 6) is -0.188. The Balaban J connectivity index is 1.59. The lowest BCUT2D eigenvalue weighted by molar-refractivity contribution is 0.0586. The average molecular weight is 346 g/mol. The summed E-state index contributed by atoms with van der Waals surface area (Å²) >= 11 is 0. The van der Waals surface area contributed by atoms with Gasteiger partial charge in [-0.25, -0.2) is 4.98 Å². The highest BCUT2D eigenvalue weighted by atomic mass is 16.5. The van der Waals surface area contributed by atoms with Crippen LogP contribution in [-0.4, -0.2) is 57.2 Å². The Morgan fingerprint density at radius 2 is 2.12 bits per heavy atom. The molecule has 3 rings (SSSR count). The number of nitrogens with zero attached hydrogens (tertiary/aromatic N) is 3. The number of nitrogens with one attached hydrogen (secondary N) is 1. The zero-order valence-electron chi connectivity index (χ0n) is 13.6. The highest BCUT2D eigenvalue weighted by molar-refractivity contribution is 5.94. The lowest BCUT2D eigenvalue weighted by atomic mass is 10.1. The van der Waals surface area contributed by atoms with Crippen LogP contribution in [0.2, 0.25) is 0 Å². The molecular formula is C16H18N4O5. The molecule has 1 amide bonds. The third-order valence-corrected chi connectivity index (χ3v) is 3.88. The van der Waals surface area contributed by atoms with Crippen LogP contribution >= 0.6 is 0 Å². The number of likely N-dealkylation sites (tertiary alicyclic amines) is 1. The van der Waals surface area contributed by atoms with E-state index in [9.17, 15) is 14.7 Å². The minimum atomic E-state index is -0.515. The second-order valence-corrected chi connectivity index (χ2v) is 5.61. The van der Waals surface area contributed by atoms with Gasteiger partial charge < -0.3 is 19.5 Å². The van der Waals surface area contributed by atoms with Gasteiger partial charge in [0.05, 0.1) is 12.7 Å². The van der Waals surface area contributed by atoms with Crippen molar-refractivity contribution in [2.75, 3.05) is 20.2 Å². The summed E-state index contributed by atoms with van der Waals surface area (Å²) in [6.45, 7) is 0.971. The number of hydrogen-bond donors (Lipinski definition) is 2. The highest BCUT2D eigenvalue weighted by Crippen LogP contribution is 2.20. The SMILES string of the molecule is COc1nccc(OC2CCN(C(=O)c3cc(O)[nH]c(=O)c3)CC2)n1. The summed E-state index contributed by atoms with van der Waals surface area (Å²) in [6.07, 6.45) is 2.75. The fourth-order valence-electron chi connectivity index (χ4n) is 2.67. The van der Waals surface area contributed by atoms with Crippen LogP contribution in [-0.2, 0) is 0 Å². The number of pyridine rings is 1. The number of aromatic nitrogens is 3. The van der Waals surface area contributed by atoms with Crippen molar-refractivity contribution in [2.24, 2.45) is 0 Å². The van der Waals surface area contributed by atoms with E-state index in [0.29, 0.717) is 31.8 Å². The molecule has 0 radical (unpaired) electrons. The van der Waals surface area contributed by atoms with Gasteiger partial charge in [0.1, 0.15) is 6.10 Å². The summed E-state index contributed by atoms with van der Waals surface area (Å²) < 4.78 is 10.8. The number of carbonyl (C=O) groups is 1. The first kappa shape index (κ1) is 16.7. The molecule has 3 heterocycles. The van der Waals surface area contributed by atoms with Crippen LogP contribution in [0.1, 0.15) is 23.2 Å². The molecule has 2 aromatic rings. The van der Waals surface area contributed by atoms with E-state index in [-0.39, 0.29) is 29.5 Å². The van der Waals surface area contributed by atoms with Crippen molar-refractivity contribution in [3.8, 4) is 17.8 Å². The van der Waals surface area contributed by atoms with Gasteiger partial charge in [-0.2, -0.15) is 4.98 Å². The highest BCUT2D eigenvalue weighted by Gasteiger charge is 2.25. The van der Waals surface area contributed by atoms with Crippen LogP contribution in [0.3, 0.4) is 0 Å². The van der Waals surface area contributed by atoms with Gasteiger partial charge in [-0.15, -0.1) is 0 Å². The minimum absolute atomic E-state index is 0.0729. The van der Waals surface area contributed by atoms with Crippen molar-refractivity contribution >= 4 is 5.91 Å². The lowest BCUT2D eigenvalue weighted by Gasteiger charge is -2.32. The monoisotopic (exact) mass is 346 g/mol. The van der Waals surface area contributed by atoms with Gasteiger partial charge in [0.2, 0.25) is 5.88 Å². The van der Waals surface area contributed by atoms with E-state index in [1.165, 1.54) is 19.2 Å². The number of ether oxygens (including phenoxy) is 2. The van der Waals surface area contributed by atoms with Crippen molar-refractivity contribution in [1.82, 2.24) is 19.9 Å². The second-order valence-electron chi connectivity index (χ2n) is 5.61. The molecule has 0 spiro atoms. The maximum absolute atomic E-state index is 12.4. The second kappa shape index (κ2) is 7.20. The fourth-order valence-corrected chi connectivity index (χ4v) is 2.67. The largest absolute Gasteiger partial charge is 0.494 e. The maximum atomic E-state index is 12.4. The topological polar surface area (TPSA) is 118 Å². The van der Waals surface area contributed by atoms with E-state index in [2.05, 4.69) is 15.0 Å². The molecule has 25 heavy (non-hydrogen) atoms. The van der Waals surface area contributed by atoms with Crippen LogP contribution < -0.4 is 15.0 Å². The zero-order chi connectivity index (χ0) is 17.8. The van der Waals surface area contributed by atoms with Gasteiger partial charge in [-0.05, 0) is 0 Å². The number of carbonyl (C=O) groups excluding carboxylic acids is 1. The van der Waals surface area contributed by atoms with Gasteiger partial charge in [0.25, 0.3) is 11.5 Å². The fraction of sp³-hybridized carbons (Fsp3) is 0.375. The molecule has 0 bridgehead atoms. The van der Waals surface area contributed by atoms with Gasteiger partial charge >= 0.3 is 6.01 Å². The third-order valence-electron chi connectivity index (χ3n) is 3.88. The average Bonchev–Trinajstić information content (AvgIpc) is 2.61. The van der Waals surface area contributed by atoms with E-state index < -0.39 is 5.56 Å². The molecule has 9 nitrogen and oxygen atoms in total. The molecule has 2 N–H and O–H groups in total. The standard InChI is InChI=1S/C16H18N4O5/c1-24-16-17-5-2-14(19-16)25-11-3-6-20(7-4-11)15(23)10-8-12(21)18-13(22)9-10/h2,5,8-9,11H,3-4,6-7H2,1H3,(H2,18,21,22). The summed E-state index contributed by atoms with van der Waals surface area (Å²) in [5.41, 5.74) is -0.347. The van der Waals surface area contributed by atoms with Gasteiger partial charge in [-0.3, -0.25) is 14.6 Å². The summed E-state index contributed by atoms with van der Waals surface area (Å²) in [7, 11) is 1.48. The molecule has 0 aliphatic carbocycles. The number of hydrogen-bond acceptors (Lipinski definition) is 7. The Hall–Kier alpha value is -3.10. The molecule has 2 aromatic heterocycles. The molecule has 0 aromatic carbocycles. The summed E-state index contributed by atoms with van der Waals surface area (Å²) in [5, 5.41) is 9.42. The molecule has 9 heteroatoms. The predicted octanol–water partition coefficient (Wildman–Crippen LogP) is 0.563. The number of aromatic hydroxyl groups is 1. The molecule has 132 valence electrons. The van der Waals surface area contributed by atoms with Crippen LogP contribution in [0.25, 0.3) is 0 Å². The van der Waals surface area contributed by atoms with E-state index in [1.807, 2.05) is 0 Å². The number of piperidine rings is 1. The Morgan fingerprint density at radius 1 is 1.36 bits per heavy atom. The molecular weight excluding hydrogens is 328 g/mol. The van der Waals surface area contributed by atoms with Crippen molar-refractivity contribution in [3.63, 3.8) is 0 Å². The van der Waals surface area contributed by atoms with Crippen LogP contribution in [0, 0.1) is 0 Å². The Labute approximate surface area is 143 Å². The molecule has 1 saturated heterocycles. The van der Waals surface area contributed by atoms with Crippen LogP contribution in [0.4, 0.5) is 0 Å². The van der Waals surface area contributed by atoms with Crippen molar-refractivity contribution in [1.29, 1.82) is 0 Å². The molecule has 0 saturated carbocycles. The van der Waals surface area contributed by atoms with Gasteiger partial charge in [-0.1, -0.05) is 0 Å². The van der Waals surface area contributed by atoms with Crippen molar-refractivity contribution < 1.29 is 19.4 Å². The quantitative estimate of drug-likeness (QED) is 0.830. The third kappa shape index (κ3) is 4.06. The zero-order valence-corrected chi connectivity index (χ0v) is 13.6. The first-order chi connectivity index (χ1) is 12.0. The molecule has 1 aliphatic heterocycles. The number of rotatable bonds is 4. The molecule has 1 fully saturated rings. The Morgan fingerprint density at radius 3 is 2.80 bits per heavy atom. The predicted molar refractivity (Wildman–Crippen MR) is 86.9 cm³/mol. The van der Waals surface area contributed by atoms with E-state index >= 15 is 0 Å².